The van der Waals surface area contributed by atoms with E-state index >= 15 is 0 Å². The maximum Gasteiger partial charge on any atom is 0.328 e. The molecule has 0 atom stereocenters. The smallest absolute Gasteiger partial charge is 0.328 e. The Bertz CT molecular complexity index is 1070. The number of aromatic nitrogens is 2. The van der Waals surface area contributed by atoms with E-state index < -0.39 is 5.69 Å². The van der Waals surface area contributed by atoms with Crippen molar-refractivity contribution < 1.29 is 9.53 Å². The first-order chi connectivity index (χ1) is 13.6. The van der Waals surface area contributed by atoms with Crippen LogP contribution < -0.4 is 16.6 Å². The zero-order chi connectivity index (χ0) is 19.9. The fourth-order valence-corrected chi connectivity index (χ4v) is 3.00. The van der Waals surface area contributed by atoms with Crippen molar-refractivity contribution in [2.45, 2.75) is 19.4 Å². The second kappa shape index (κ2) is 9.14. The number of benzene rings is 2. The zero-order valence-electron chi connectivity index (χ0n) is 15.7. The number of ether oxygens (including phenoxy) is 1. The molecule has 0 radical (unpaired) electrons. The highest BCUT2D eigenvalue weighted by molar-refractivity contribution is 5.97. The van der Waals surface area contributed by atoms with Gasteiger partial charge in [-0.2, -0.15) is 0 Å². The van der Waals surface area contributed by atoms with Crippen molar-refractivity contribution in [3.8, 4) is 0 Å². The summed E-state index contributed by atoms with van der Waals surface area (Å²) < 4.78 is 6.14. The summed E-state index contributed by atoms with van der Waals surface area (Å²) in [6.45, 7) is 1.34. The number of aryl methyl sites for hydroxylation is 1. The van der Waals surface area contributed by atoms with Gasteiger partial charge in [0.25, 0.3) is 11.5 Å². The lowest BCUT2D eigenvalue weighted by atomic mass is 10.1. The number of hydrogen-bond acceptors (Lipinski definition) is 4. The van der Waals surface area contributed by atoms with E-state index in [1.54, 1.807) is 19.2 Å². The SMILES string of the molecule is COCCCNC(=O)c1ccc2c(=O)n(CCc3ccccc3)c(=O)[nH]c2c1. The van der Waals surface area contributed by atoms with Crippen LogP contribution in [0.25, 0.3) is 10.9 Å². The summed E-state index contributed by atoms with van der Waals surface area (Å²) in [5.74, 6) is -0.257. The molecule has 1 heterocycles. The molecule has 0 aliphatic heterocycles. The van der Waals surface area contributed by atoms with Crippen LogP contribution in [0.2, 0.25) is 0 Å². The molecule has 0 saturated carbocycles. The third-order valence-electron chi connectivity index (χ3n) is 4.52. The first kappa shape index (κ1) is 19.6. The number of H-pyrrole nitrogens is 1. The monoisotopic (exact) mass is 381 g/mol. The van der Waals surface area contributed by atoms with E-state index in [2.05, 4.69) is 10.3 Å². The third kappa shape index (κ3) is 4.55. The van der Waals surface area contributed by atoms with E-state index in [1.807, 2.05) is 30.3 Å². The van der Waals surface area contributed by atoms with Crippen molar-refractivity contribution in [2.75, 3.05) is 20.3 Å². The molecule has 0 aliphatic carbocycles. The molecule has 7 heteroatoms. The number of nitrogens with zero attached hydrogens (tertiary/aromatic N) is 1. The summed E-state index contributed by atoms with van der Waals surface area (Å²) in [6.07, 6.45) is 1.29. The number of amides is 1. The summed E-state index contributed by atoms with van der Waals surface area (Å²) in [4.78, 5) is 40.1. The Morgan fingerprint density at radius 1 is 1.14 bits per heavy atom. The van der Waals surface area contributed by atoms with E-state index in [-0.39, 0.29) is 18.0 Å². The van der Waals surface area contributed by atoms with Gasteiger partial charge in [0.2, 0.25) is 0 Å². The number of fused-ring (bicyclic) bond motifs is 1. The molecule has 28 heavy (non-hydrogen) atoms. The quantitative estimate of drug-likeness (QED) is 0.581. The van der Waals surface area contributed by atoms with Gasteiger partial charge in [-0.3, -0.25) is 14.2 Å². The highest BCUT2D eigenvalue weighted by atomic mass is 16.5. The molecule has 2 N–H and O–H groups in total. The zero-order valence-corrected chi connectivity index (χ0v) is 15.7. The number of carbonyl (C=O) groups is 1. The number of methoxy groups -OCH3 is 1. The Morgan fingerprint density at radius 2 is 1.93 bits per heavy atom. The summed E-state index contributed by atoms with van der Waals surface area (Å²) in [6, 6.07) is 14.4. The molecule has 0 unspecified atom stereocenters. The van der Waals surface area contributed by atoms with Crippen molar-refractivity contribution in [2.24, 2.45) is 0 Å². The van der Waals surface area contributed by atoms with Crippen molar-refractivity contribution in [1.82, 2.24) is 14.9 Å². The van der Waals surface area contributed by atoms with Gasteiger partial charge in [-0.05, 0) is 36.6 Å². The molecule has 0 aliphatic rings. The number of aromatic amines is 1. The molecule has 0 bridgehead atoms. The molecule has 1 amide bonds. The minimum absolute atomic E-state index is 0.257. The van der Waals surface area contributed by atoms with E-state index in [4.69, 9.17) is 4.74 Å². The van der Waals surface area contributed by atoms with Crippen LogP contribution in [0.4, 0.5) is 0 Å². The van der Waals surface area contributed by atoms with Gasteiger partial charge in [0.05, 0.1) is 10.9 Å². The van der Waals surface area contributed by atoms with E-state index in [0.29, 0.717) is 42.5 Å². The summed E-state index contributed by atoms with van der Waals surface area (Å²) in [5, 5.41) is 3.16. The van der Waals surface area contributed by atoms with Crippen LogP contribution in [0.3, 0.4) is 0 Å². The molecule has 146 valence electrons. The predicted molar refractivity (Wildman–Crippen MR) is 108 cm³/mol. The highest BCUT2D eigenvalue weighted by Crippen LogP contribution is 2.09. The number of hydrogen-bond donors (Lipinski definition) is 2. The molecular weight excluding hydrogens is 358 g/mol. The lowest BCUT2D eigenvalue weighted by molar-refractivity contribution is 0.0948. The van der Waals surface area contributed by atoms with Gasteiger partial charge < -0.3 is 15.0 Å². The Hall–Kier alpha value is -3.19. The lowest BCUT2D eigenvalue weighted by Gasteiger charge is -2.08. The van der Waals surface area contributed by atoms with Crippen LogP contribution in [-0.2, 0) is 17.7 Å². The van der Waals surface area contributed by atoms with Gasteiger partial charge in [0, 0.05) is 32.4 Å². The Morgan fingerprint density at radius 3 is 2.68 bits per heavy atom. The Balaban J connectivity index is 1.81. The van der Waals surface area contributed by atoms with Crippen LogP contribution in [0.5, 0.6) is 0 Å². The van der Waals surface area contributed by atoms with E-state index in [0.717, 1.165) is 5.56 Å². The van der Waals surface area contributed by atoms with Crippen LogP contribution in [0, 0.1) is 0 Å². The molecule has 2 aromatic carbocycles. The standard InChI is InChI=1S/C21H23N3O4/c1-28-13-5-11-22-19(25)16-8-9-17-18(14-16)23-21(27)24(20(17)26)12-10-15-6-3-2-4-7-15/h2-4,6-9,14H,5,10-13H2,1H3,(H,22,25)(H,23,27). The minimum atomic E-state index is -0.480. The van der Waals surface area contributed by atoms with Gasteiger partial charge in [-0.25, -0.2) is 4.79 Å². The number of nitrogens with one attached hydrogen (secondary N) is 2. The maximum atomic E-state index is 12.7. The molecule has 0 fully saturated rings. The molecule has 1 aromatic heterocycles. The lowest BCUT2D eigenvalue weighted by Crippen LogP contribution is -2.35. The second-order valence-electron chi connectivity index (χ2n) is 6.49. The first-order valence-corrected chi connectivity index (χ1v) is 9.18. The summed E-state index contributed by atoms with van der Waals surface area (Å²) >= 11 is 0. The molecule has 0 saturated heterocycles. The van der Waals surface area contributed by atoms with Crippen LogP contribution in [0.15, 0.2) is 58.1 Å². The minimum Gasteiger partial charge on any atom is -0.385 e. The summed E-state index contributed by atoms with van der Waals surface area (Å²) in [5.41, 5.74) is 0.958. The Labute approximate surface area is 162 Å². The summed E-state index contributed by atoms with van der Waals surface area (Å²) in [7, 11) is 1.61. The number of rotatable bonds is 8. The second-order valence-corrected chi connectivity index (χ2v) is 6.49. The molecule has 7 nitrogen and oxygen atoms in total. The predicted octanol–water partition coefficient (Wildman–Crippen LogP) is 1.70. The van der Waals surface area contributed by atoms with Gasteiger partial charge in [-0.15, -0.1) is 0 Å². The molecule has 3 aromatic rings. The average molecular weight is 381 g/mol. The fourth-order valence-electron chi connectivity index (χ4n) is 3.00. The van der Waals surface area contributed by atoms with Crippen molar-refractivity contribution in [3.05, 3.63) is 80.5 Å². The average Bonchev–Trinajstić information content (AvgIpc) is 2.71. The van der Waals surface area contributed by atoms with Crippen LogP contribution in [-0.4, -0.2) is 35.7 Å². The topological polar surface area (TPSA) is 93.2 Å². The van der Waals surface area contributed by atoms with Crippen molar-refractivity contribution in [3.63, 3.8) is 0 Å². The van der Waals surface area contributed by atoms with E-state index in [9.17, 15) is 14.4 Å². The van der Waals surface area contributed by atoms with Crippen molar-refractivity contribution in [1.29, 1.82) is 0 Å². The fraction of sp³-hybridized carbons (Fsp3) is 0.286. The first-order valence-electron chi connectivity index (χ1n) is 9.18. The van der Waals surface area contributed by atoms with Crippen LogP contribution >= 0.6 is 0 Å². The normalized spacial score (nSPS) is 10.9. The van der Waals surface area contributed by atoms with Gasteiger partial charge in [0.15, 0.2) is 0 Å². The largest absolute Gasteiger partial charge is 0.385 e. The molecule has 3 rings (SSSR count). The number of carbonyl (C=O) groups excluding carboxylic acids is 1. The third-order valence-corrected chi connectivity index (χ3v) is 4.52. The highest BCUT2D eigenvalue weighted by Gasteiger charge is 2.11. The maximum absolute atomic E-state index is 12.7. The van der Waals surface area contributed by atoms with Gasteiger partial charge >= 0.3 is 5.69 Å². The van der Waals surface area contributed by atoms with Crippen molar-refractivity contribution >= 4 is 16.8 Å². The van der Waals surface area contributed by atoms with Gasteiger partial charge in [0.1, 0.15) is 0 Å². The Kier molecular flexibility index (Phi) is 6.39. The molecule has 0 spiro atoms. The van der Waals surface area contributed by atoms with E-state index in [1.165, 1.54) is 10.6 Å². The van der Waals surface area contributed by atoms with Gasteiger partial charge in [-0.1, -0.05) is 30.3 Å². The molecular formula is C21H23N3O4. The van der Waals surface area contributed by atoms with Crippen LogP contribution in [0.1, 0.15) is 22.3 Å².